The fraction of sp³-hybridized carbons (Fsp3) is 0. The second-order valence-electron chi connectivity index (χ2n) is 23.1. The Morgan fingerprint density at radius 2 is 0.591 bits per heavy atom. The lowest BCUT2D eigenvalue weighted by molar-refractivity contribution is 1.17. The first kappa shape index (κ1) is 48.5. The van der Waals surface area contributed by atoms with Gasteiger partial charge in [0.05, 0.1) is 44.3 Å². The summed E-state index contributed by atoms with van der Waals surface area (Å²) >= 11 is 5.66. The van der Waals surface area contributed by atoms with Gasteiger partial charge in [0.25, 0.3) is 0 Å². The Morgan fingerprint density at radius 3 is 1.01 bits per heavy atom. The Balaban J connectivity index is 0.725. The van der Waals surface area contributed by atoms with Gasteiger partial charge in [-0.1, -0.05) is 158 Å². The average Bonchev–Trinajstić information content (AvgIpc) is 1.68. The summed E-state index contributed by atoms with van der Waals surface area (Å²) in [7, 11) is 0. The predicted octanol–water partition coefficient (Wildman–Crippen LogP) is 23.0. The van der Waals surface area contributed by atoms with Crippen LogP contribution in [0.2, 0.25) is 0 Å². The maximum Gasteiger partial charge on any atom is 0.160 e. The summed E-state index contributed by atoms with van der Waals surface area (Å²) < 4.78 is 15.2. The zero-order chi connectivity index (χ0) is 57.3. The first-order valence-electron chi connectivity index (χ1n) is 29.8. The van der Waals surface area contributed by atoms with Gasteiger partial charge in [0.2, 0.25) is 0 Å². The largest absolute Gasteiger partial charge is 0.309 e. The number of aromatic nitrogens is 5. The summed E-state index contributed by atoms with van der Waals surface area (Å²) in [4.78, 5) is 11.0. The van der Waals surface area contributed by atoms with Crippen LogP contribution in [0.1, 0.15) is 0 Å². The number of fused-ring (bicyclic) bond motifs is 22. The molecule has 0 N–H and O–H groups in total. The molecule has 0 atom stereocenters. The van der Waals surface area contributed by atoms with Crippen LogP contribution in [0.25, 0.3) is 188 Å². The van der Waals surface area contributed by atoms with E-state index in [-0.39, 0.29) is 0 Å². The maximum absolute atomic E-state index is 5.59. The van der Waals surface area contributed by atoms with Crippen molar-refractivity contribution in [2.45, 2.75) is 0 Å². The fourth-order valence-corrected chi connectivity index (χ4v) is 18.3. The van der Waals surface area contributed by atoms with E-state index in [1.54, 1.807) is 0 Å². The molecule has 0 saturated heterocycles. The SMILES string of the molecule is c1ccc2c(c1)sc1c2ccc2c1c1ccccc1n2-c1ccc(-c2ccc3nc(-c4ccc(-n5c6ccccc6c6c7sc8ccccc8c7ccc65)cc4)nc(-c4ccc(-n5c6ccccc6c6c7sc8ccccc8c7ccc65)cc4)c3c2)cc1. The molecular formula is C80H45N5S3. The van der Waals surface area contributed by atoms with Gasteiger partial charge >= 0.3 is 0 Å². The quantitative estimate of drug-likeness (QED) is 0.166. The number of hydrogen-bond donors (Lipinski definition) is 0. The molecular weight excluding hydrogens is 1130 g/mol. The molecule has 5 nitrogen and oxygen atoms in total. The third-order valence-corrected chi connectivity index (χ3v) is 22.1. The Hall–Kier alpha value is -10.7. The molecule has 0 saturated carbocycles. The van der Waals surface area contributed by atoms with E-state index >= 15 is 0 Å². The Morgan fingerprint density at radius 1 is 0.239 bits per heavy atom. The van der Waals surface area contributed by atoms with Crippen molar-refractivity contribution in [2.75, 3.05) is 0 Å². The van der Waals surface area contributed by atoms with Crippen LogP contribution in [-0.2, 0) is 0 Å². The minimum atomic E-state index is 0.679. The van der Waals surface area contributed by atoms with Crippen molar-refractivity contribution < 1.29 is 0 Å². The minimum absolute atomic E-state index is 0.679. The number of nitrogens with zero attached hydrogens (tertiary/aromatic N) is 5. The van der Waals surface area contributed by atoms with E-state index in [1.165, 1.54) is 126 Å². The highest BCUT2D eigenvalue weighted by atomic mass is 32.1. The summed E-state index contributed by atoms with van der Waals surface area (Å²) in [6, 6.07) is 100. The molecule has 20 rings (SSSR count). The van der Waals surface area contributed by atoms with Gasteiger partial charge in [-0.05, 0) is 126 Å². The molecule has 0 radical (unpaired) electrons. The monoisotopic (exact) mass is 1170 g/mol. The van der Waals surface area contributed by atoms with Gasteiger partial charge in [-0.15, -0.1) is 34.0 Å². The standard InChI is InChI=1S/C80H45N5S3/c1-7-19-64-59(16-1)73-67(42-38-56-53-13-4-10-22-70(53)86-77(56)73)83(64)50-32-25-46(26-33-50)49-31-41-63-62(45-49)76(47-27-34-51(35-28-47)84-65-20-8-2-17-60(65)74-68(84)43-39-57-54-14-5-11-23-71(54)87-78(57)74)82-80(81-63)48-29-36-52(37-30-48)85-66-21-9-3-18-61(66)75-69(85)44-40-58-55-15-6-12-24-72(55)88-79(58)75/h1-45H. The van der Waals surface area contributed by atoms with E-state index in [1.807, 2.05) is 34.0 Å². The number of rotatable bonds is 6. The highest BCUT2D eigenvalue weighted by molar-refractivity contribution is 7.27. The number of benzene rings is 13. The smallest absolute Gasteiger partial charge is 0.160 e. The van der Waals surface area contributed by atoms with Crippen molar-refractivity contribution >= 4 is 171 Å². The summed E-state index contributed by atoms with van der Waals surface area (Å²) in [6.07, 6.45) is 0. The molecule has 7 aromatic heterocycles. The molecule has 0 spiro atoms. The second-order valence-corrected chi connectivity index (χ2v) is 26.3. The van der Waals surface area contributed by atoms with Crippen LogP contribution >= 0.6 is 34.0 Å². The van der Waals surface area contributed by atoms with E-state index in [0.29, 0.717) is 5.82 Å². The molecule has 20 aromatic rings. The van der Waals surface area contributed by atoms with Crippen molar-refractivity contribution in [3.63, 3.8) is 0 Å². The van der Waals surface area contributed by atoms with E-state index in [0.717, 1.165) is 55.9 Å². The molecule has 0 aliphatic carbocycles. The third kappa shape index (κ3) is 6.90. The normalized spacial score (nSPS) is 12.3. The summed E-state index contributed by atoms with van der Waals surface area (Å²) in [5.41, 5.74) is 16.4. The van der Waals surface area contributed by atoms with Crippen LogP contribution in [0.15, 0.2) is 273 Å². The molecule has 0 aliphatic heterocycles. The first-order valence-corrected chi connectivity index (χ1v) is 32.2. The van der Waals surface area contributed by atoms with Crippen LogP contribution in [0.3, 0.4) is 0 Å². The molecule has 0 fully saturated rings. The van der Waals surface area contributed by atoms with Crippen LogP contribution < -0.4 is 0 Å². The van der Waals surface area contributed by atoms with E-state index in [2.05, 4.69) is 287 Å². The van der Waals surface area contributed by atoms with Crippen LogP contribution in [0.4, 0.5) is 0 Å². The topological polar surface area (TPSA) is 40.6 Å². The van der Waals surface area contributed by atoms with E-state index in [4.69, 9.17) is 9.97 Å². The summed E-state index contributed by atoms with van der Waals surface area (Å²) in [5.74, 6) is 0.679. The van der Waals surface area contributed by atoms with E-state index < -0.39 is 0 Å². The van der Waals surface area contributed by atoms with Crippen molar-refractivity contribution in [3.05, 3.63) is 273 Å². The summed E-state index contributed by atoms with van der Waals surface area (Å²) in [6.45, 7) is 0. The number of para-hydroxylation sites is 3. The van der Waals surface area contributed by atoms with E-state index in [9.17, 15) is 0 Å². The van der Waals surface area contributed by atoms with Gasteiger partial charge in [-0.3, -0.25) is 0 Å². The van der Waals surface area contributed by atoms with Gasteiger partial charge in [0.1, 0.15) is 0 Å². The van der Waals surface area contributed by atoms with Gasteiger partial charge in [-0.25, -0.2) is 9.97 Å². The molecule has 88 heavy (non-hydrogen) atoms. The van der Waals surface area contributed by atoms with Gasteiger partial charge in [0, 0.05) is 126 Å². The number of thiophene rings is 3. The average molecular weight is 1170 g/mol. The Labute approximate surface area is 514 Å². The third-order valence-electron chi connectivity index (χ3n) is 18.5. The lowest BCUT2D eigenvalue weighted by Gasteiger charge is -2.14. The predicted molar refractivity (Wildman–Crippen MR) is 378 cm³/mol. The molecule has 0 bridgehead atoms. The van der Waals surface area contributed by atoms with Crippen molar-refractivity contribution in [3.8, 4) is 50.8 Å². The molecule has 0 aliphatic rings. The first-order chi connectivity index (χ1) is 43.6. The lowest BCUT2D eigenvalue weighted by Crippen LogP contribution is -1.98. The lowest BCUT2D eigenvalue weighted by atomic mass is 9.99. The van der Waals surface area contributed by atoms with Crippen LogP contribution in [-0.4, -0.2) is 23.7 Å². The molecule has 0 unspecified atom stereocenters. The van der Waals surface area contributed by atoms with Crippen molar-refractivity contribution in [2.24, 2.45) is 0 Å². The molecule has 8 heteroatoms. The highest BCUT2D eigenvalue weighted by Gasteiger charge is 2.23. The second kappa shape index (κ2) is 18.4. The molecule has 0 amide bonds. The summed E-state index contributed by atoms with van der Waals surface area (Å²) in [5, 5.41) is 16.5. The molecule has 13 aromatic carbocycles. The fourth-order valence-electron chi connectivity index (χ4n) is 14.5. The number of hydrogen-bond acceptors (Lipinski definition) is 5. The maximum atomic E-state index is 5.59. The van der Waals surface area contributed by atoms with Crippen LogP contribution in [0.5, 0.6) is 0 Å². The minimum Gasteiger partial charge on any atom is -0.309 e. The van der Waals surface area contributed by atoms with Gasteiger partial charge < -0.3 is 13.7 Å². The highest BCUT2D eigenvalue weighted by Crippen LogP contribution is 2.47. The Kier molecular flexibility index (Phi) is 10.1. The van der Waals surface area contributed by atoms with Gasteiger partial charge in [-0.2, -0.15) is 0 Å². The van der Waals surface area contributed by atoms with Crippen molar-refractivity contribution in [1.82, 2.24) is 23.7 Å². The molecule has 408 valence electrons. The zero-order valence-electron chi connectivity index (χ0n) is 46.9. The van der Waals surface area contributed by atoms with Gasteiger partial charge in [0.15, 0.2) is 5.82 Å². The Bertz CT molecular complexity index is 6350. The molecule has 7 heterocycles. The van der Waals surface area contributed by atoms with Crippen molar-refractivity contribution in [1.29, 1.82) is 0 Å². The zero-order valence-corrected chi connectivity index (χ0v) is 49.4. The van der Waals surface area contributed by atoms with Crippen LogP contribution in [0, 0.1) is 0 Å².